The van der Waals surface area contributed by atoms with Crippen LogP contribution < -0.4 is 21.3 Å². The highest BCUT2D eigenvalue weighted by Gasteiger charge is 2.14. The van der Waals surface area contributed by atoms with Crippen LogP contribution >= 0.6 is 15.9 Å². The lowest BCUT2D eigenvalue weighted by Crippen LogP contribution is -2.37. The molecule has 0 spiro atoms. The number of nitrogens with zero attached hydrogens (tertiary/aromatic N) is 1. The largest absolute Gasteiger partial charge is 0.487 e. The number of carbonyl (C=O) groups is 1. The van der Waals surface area contributed by atoms with Gasteiger partial charge >= 0.3 is 0 Å². The first kappa shape index (κ1) is 24.6. The molecule has 0 aliphatic carbocycles. The molecular weight excluding hydrogens is 496 g/mol. The van der Waals surface area contributed by atoms with E-state index < -0.39 is 17.7 Å². The van der Waals surface area contributed by atoms with E-state index in [9.17, 15) is 18.4 Å². The van der Waals surface area contributed by atoms with Crippen LogP contribution in [0.1, 0.15) is 29.3 Å². The van der Waals surface area contributed by atoms with Gasteiger partial charge in [0.1, 0.15) is 28.5 Å². The van der Waals surface area contributed by atoms with E-state index in [1.54, 1.807) is 24.5 Å². The van der Waals surface area contributed by atoms with Gasteiger partial charge in [-0.15, -0.1) is 0 Å². The zero-order chi connectivity index (χ0) is 24.1. The molecule has 174 valence electrons. The fraction of sp³-hybridized carbons (Fsp3) is 0.250. The van der Waals surface area contributed by atoms with Crippen molar-refractivity contribution in [3.8, 4) is 5.75 Å². The van der Waals surface area contributed by atoms with Gasteiger partial charge in [0.05, 0.1) is 12.6 Å². The van der Waals surface area contributed by atoms with Gasteiger partial charge in [-0.1, -0.05) is 24.3 Å². The van der Waals surface area contributed by atoms with Crippen LogP contribution in [-0.4, -0.2) is 16.5 Å². The smallest absolute Gasteiger partial charge is 0.269 e. The molecule has 0 aliphatic rings. The first-order valence-electron chi connectivity index (χ1n) is 10.2. The lowest BCUT2D eigenvalue weighted by Gasteiger charge is -2.15. The molecule has 0 fully saturated rings. The maximum atomic E-state index is 13.8. The minimum atomic E-state index is -0.711. The normalized spacial score (nSPS) is 11.8. The number of nitrogens with one attached hydrogen (secondary N) is 1. The van der Waals surface area contributed by atoms with Gasteiger partial charge in [-0.05, 0) is 53.0 Å². The SMILES string of the molecule is Cc1cc(OCc2ccc(F)cc2F)c(Br)c(=O)n1Cc1ccc(CNC(=O)[C@@H](C)N)cc1. The summed E-state index contributed by atoms with van der Waals surface area (Å²) in [6.07, 6.45) is 0. The van der Waals surface area contributed by atoms with Gasteiger partial charge in [-0.3, -0.25) is 9.59 Å². The number of halogens is 3. The van der Waals surface area contributed by atoms with Crippen molar-refractivity contribution in [1.82, 2.24) is 9.88 Å². The quantitative estimate of drug-likeness (QED) is 0.474. The summed E-state index contributed by atoms with van der Waals surface area (Å²) in [5.74, 6) is -1.33. The molecule has 1 atom stereocenters. The van der Waals surface area contributed by atoms with E-state index in [4.69, 9.17) is 10.5 Å². The summed E-state index contributed by atoms with van der Waals surface area (Å²) in [7, 11) is 0. The number of nitrogens with two attached hydrogens (primary N) is 1. The molecule has 0 aliphatic heterocycles. The van der Waals surface area contributed by atoms with E-state index in [0.717, 1.165) is 23.3 Å². The standard InChI is InChI=1S/C24H24BrF2N3O3/c1-14-9-21(33-13-18-7-8-19(26)10-20(18)27)22(25)24(32)30(14)12-17-5-3-16(4-6-17)11-29-23(31)15(2)28/h3-10,15H,11-13,28H2,1-2H3,(H,29,31)/t15-/m1/s1. The topological polar surface area (TPSA) is 86.3 Å². The Balaban J connectivity index is 1.71. The molecule has 3 rings (SSSR count). The van der Waals surface area contributed by atoms with Crippen molar-refractivity contribution in [3.05, 3.63) is 97.4 Å². The molecule has 9 heteroatoms. The summed E-state index contributed by atoms with van der Waals surface area (Å²) in [6, 6.07) is 11.9. The molecular formula is C24H24BrF2N3O3. The number of ether oxygens (including phenoxy) is 1. The Morgan fingerprint density at radius 3 is 2.45 bits per heavy atom. The third kappa shape index (κ3) is 6.27. The Bertz CT molecular complexity index is 1210. The van der Waals surface area contributed by atoms with Crippen LogP contribution in [0.25, 0.3) is 0 Å². The van der Waals surface area contributed by atoms with Crippen LogP contribution in [0.15, 0.2) is 57.8 Å². The van der Waals surface area contributed by atoms with Crippen molar-refractivity contribution in [3.63, 3.8) is 0 Å². The minimum Gasteiger partial charge on any atom is -0.487 e. The minimum absolute atomic E-state index is 0.144. The number of hydrogen-bond donors (Lipinski definition) is 2. The van der Waals surface area contributed by atoms with Gasteiger partial charge in [0.15, 0.2) is 0 Å². The monoisotopic (exact) mass is 519 g/mol. The molecule has 0 saturated heterocycles. The molecule has 33 heavy (non-hydrogen) atoms. The molecule has 1 heterocycles. The molecule has 3 N–H and O–H groups in total. The van der Waals surface area contributed by atoms with E-state index >= 15 is 0 Å². The Labute approximate surface area is 198 Å². The molecule has 0 unspecified atom stereocenters. The molecule has 1 amide bonds. The van der Waals surface area contributed by atoms with Gasteiger partial charge in [0.25, 0.3) is 5.56 Å². The molecule has 3 aromatic rings. The average molecular weight is 520 g/mol. The van der Waals surface area contributed by atoms with Crippen molar-refractivity contribution in [2.75, 3.05) is 0 Å². The number of amides is 1. The van der Waals surface area contributed by atoms with Crippen molar-refractivity contribution in [1.29, 1.82) is 0 Å². The zero-order valence-electron chi connectivity index (χ0n) is 18.2. The molecule has 6 nitrogen and oxygen atoms in total. The number of aryl methyl sites for hydroxylation is 1. The second-order valence-corrected chi connectivity index (χ2v) is 8.50. The van der Waals surface area contributed by atoms with Gasteiger partial charge in [-0.2, -0.15) is 0 Å². The number of benzene rings is 2. The summed E-state index contributed by atoms with van der Waals surface area (Å²) in [5.41, 5.74) is 7.89. The highest BCUT2D eigenvalue weighted by molar-refractivity contribution is 9.10. The molecule has 0 saturated carbocycles. The first-order chi connectivity index (χ1) is 15.7. The number of rotatable bonds is 8. The second-order valence-electron chi connectivity index (χ2n) is 7.70. The predicted molar refractivity (Wildman–Crippen MR) is 125 cm³/mol. The van der Waals surface area contributed by atoms with Gasteiger partial charge in [0.2, 0.25) is 5.91 Å². The van der Waals surface area contributed by atoms with Crippen LogP contribution in [-0.2, 0) is 24.5 Å². The summed E-state index contributed by atoms with van der Waals surface area (Å²) in [5, 5.41) is 2.75. The van der Waals surface area contributed by atoms with Gasteiger partial charge in [-0.25, -0.2) is 8.78 Å². The molecule has 1 aromatic heterocycles. The second kappa shape index (κ2) is 10.7. The first-order valence-corrected chi connectivity index (χ1v) is 11.0. The maximum Gasteiger partial charge on any atom is 0.269 e. The summed E-state index contributed by atoms with van der Waals surface area (Å²) < 4.78 is 34.3. The lowest BCUT2D eigenvalue weighted by atomic mass is 10.1. The fourth-order valence-corrected chi connectivity index (χ4v) is 3.55. The van der Waals surface area contributed by atoms with Crippen molar-refractivity contribution in [2.24, 2.45) is 5.73 Å². The highest BCUT2D eigenvalue weighted by Crippen LogP contribution is 2.24. The lowest BCUT2D eigenvalue weighted by molar-refractivity contribution is -0.122. The third-order valence-electron chi connectivity index (χ3n) is 5.06. The van der Waals surface area contributed by atoms with Crippen molar-refractivity contribution >= 4 is 21.8 Å². The molecule has 0 radical (unpaired) electrons. The Kier molecular flexibility index (Phi) is 7.99. The number of aromatic nitrogens is 1. The molecule has 0 bridgehead atoms. The average Bonchev–Trinajstić information content (AvgIpc) is 2.78. The Morgan fingerprint density at radius 2 is 1.82 bits per heavy atom. The Morgan fingerprint density at radius 1 is 1.15 bits per heavy atom. The van der Waals surface area contributed by atoms with Crippen LogP contribution in [0.2, 0.25) is 0 Å². The van der Waals surface area contributed by atoms with Crippen molar-refractivity contribution in [2.45, 2.75) is 39.6 Å². The molecule has 2 aromatic carbocycles. The van der Waals surface area contributed by atoms with E-state index in [1.165, 1.54) is 6.07 Å². The Hall–Kier alpha value is -3.04. The summed E-state index contributed by atoms with van der Waals surface area (Å²) >= 11 is 3.28. The predicted octanol–water partition coefficient (Wildman–Crippen LogP) is 3.79. The highest BCUT2D eigenvalue weighted by atomic mass is 79.9. The number of carbonyl (C=O) groups excluding carboxylic acids is 1. The van der Waals surface area contributed by atoms with E-state index in [-0.39, 0.29) is 33.9 Å². The van der Waals surface area contributed by atoms with Crippen LogP contribution in [0, 0.1) is 18.6 Å². The van der Waals surface area contributed by atoms with Gasteiger partial charge < -0.3 is 20.4 Å². The zero-order valence-corrected chi connectivity index (χ0v) is 19.8. The summed E-state index contributed by atoms with van der Waals surface area (Å²) in [6.45, 7) is 3.95. The van der Waals surface area contributed by atoms with Gasteiger partial charge in [0, 0.05) is 29.9 Å². The van der Waals surface area contributed by atoms with E-state index in [0.29, 0.717) is 18.8 Å². The fourth-order valence-electron chi connectivity index (χ4n) is 3.11. The van der Waals surface area contributed by atoms with Crippen LogP contribution in [0.3, 0.4) is 0 Å². The van der Waals surface area contributed by atoms with E-state index in [2.05, 4.69) is 21.2 Å². The third-order valence-corrected chi connectivity index (χ3v) is 5.79. The maximum absolute atomic E-state index is 13.8. The number of pyridine rings is 1. The van der Waals surface area contributed by atoms with Crippen LogP contribution in [0.5, 0.6) is 5.75 Å². The van der Waals surface area contributed by atoms with Crippen molar-refractivity contribution < 1.29 is 18.3 Å². The van der Waals surface area contributed by atoms with Crippen LogP contribution in [0.4, 0.5) is 8.78 Å². The van der Waals surface area contributed by atoms with E-state index in [1.807, 2.05) is 24.3 Å². The number of hydrogen-bond acceptors (Lipinski definition) is 4. The summed E-state index contributed by atoms with van der Waals surface area (Å²) in [4.78, 5) is 24.5.